The normalized spacial score (nSPS) is 10.6. The minimum atomic E-state index is -0.769. The van der Waals surface area contributed by atoms with Crippen LogP contribution < -0.4 is 0 Å². The predicted molar refractivity (Wildman–Crippen MR) is 92.1 cm³/mol. The van der Waals surface area contributed by atoms with Crippen molar-refractivity contribution < 1.29 is 14.6 Å². The van der Waals surface area contributed by atoms with Crippen LogP contribution in [0.1, 0.15) is 71.1 Å². The lowest BCUT2D eigenvalue weighted by molar-refractivity contribution is -0.136. The van der Waals surface area contributed by atoms with Crippen LogP contribution in [0, 0.1) is 0 Å². The van der Waals surface area contributed by atoms with Gasteiger partial charge in [0.15, 0.2) is 0 Å². The van der Waals surface area contributed by atoms with Crippen molar-refractivity contribution in [3.05, 3.63) is 30.0 Å². The Hall–Kier alpha value is -1.31. The van der Waals surface area contributed by atoms with E-state index in [2.05, 4.69) is 24.8 Å². The van der Waals surface area contributed by atoms with Crippen LogP contribution in [0.2, 0.25) is 0 Å². The quantitative estimate of drug-likeness (QED) is 0.254. The van der Waals surface area contributed by atoms with Gasteiger partial charge in [0.2, 0.25) is 0 Å². The van der Waals surface area contributed by atoms with Crippen molar-refractivity contribution in [2.45, 2.75) is 71.1 Å². The molecule has 0 radical (unpaired) electrons. The number of carboxylic acids is 1. The average molecular weight is 308 g/mol. The summed E-state index contributed by atoms with van der Waals surface area (Å²) in [7, 11) is 0. The van der Waals surface area contributed by atoms with Gasteiger partial charge < -0.3 is 9.84 Å². The molecule has 0 aromatic heterocycles. The molecule has 0 aliphatic carbocycles. The molecule has 22 heavy (non-hydrogen) atoms. The van der Waals surface area contributed by atoms with Crippen LogP contribution in [-0.2, 0) is 9.53 Å². The molecule has 0 saturated heterocycles. The van der Waals surface area contributed by atoms with Gasteiger partial charge in [-0.15, -0.1) is 5.73 Å². The number of carboxylic acid groups (broad SMARTS) is 1. The highest BCUT2D eigenvalue weighted by Crippen LogP contribution is 2.07. The van der Waals surface area contributed by atoms with Crippen LogP contribution in [0.3, 0.4) is 0 Å². The van der Waals surface area contributed by atoms with E-state index in [0.717, 1.165) is 12.8 Å². The zero-order chi connectivity index (χ0) is 16.3. The van der Waals surface area contributed by atoms with E-state index in [1.54, 1.807) is 6.08 Å². The first kappa shape index (κ1) is 20.7. The van der Waals surface area contributed by atoms with Crippen molar-refractivity contribution in [3.8, 4) is 0 Å². The second-order valence-corrected chi connectivity index (χ2v) is 5.40. The molecule has 3 nitrogen and oxygen atoms in total. The average Bonchev–Trinajstić information content (AvgIpc) is 2.50. The molecule has 0 atom stereocenters. The molecule has 0 bridgehead atoms. The smallest absolute Gasteiger partial charge is 0.303 e. The van der Waals surface area contributed by atoms with Crippen LogP contribution in [0.4, 0.5) is 0 Å². The van der Waals surface area contributed by atoms with Crippen LogP contribution in [0.5, 0.6) is 0 Å². The zero-order valence-electron chi connectivity index (χ0n) is 14.1. The number of rotatable bonds is 15. The number of hydrogen-bond acceptors (Lipinski definition) is 2. The van der Waals surface area contributed by atoms with Gasteiger partial charge in [-0.05, 0) is 37.8 Å². The molecule has 126 valence electrons. The van der Waals surface area contributed by atoms with Gasteiger partial charge in [0.1, 0.15) is 0 Å². The predicted octanol–water partition coefficient (Wildman–Crippen LogP) is 5.28. The fraction of sp³-hybridized carbons (Fsp3) is 0.684. The van der Waals surface area contributed by atoms with Crippen molar-refractivity contribution in [2.75, 3.05) is 13.2 Å². The lowest BCUT2D eigenvalue weighted by Gasteiger charge is -1.98. The van der Waals surface area contributed by atoms with Gasteiger partial charge in [0, 0.05) is 6.42 Å². The Labute approximate surface area is 135 Å². The van der Waals surface area contributed by atoms with E-state index in [0.29, 0.717) is 19.6 Å². The second-order valence-electron chi connectivity index (χ2n) is 5.40. The molecule has 0 aromatic carbocycles. The van der Waals surface area contributed by atoms with E-state index in [1.165, 1.54) is 38.5 Å². The van der Waals surface area contributed by atoms with E-state index < -0.39 is 5.97 Å². The van der Waals surface area contributed by atoms with Gasteiger partial charge >= 0.3 is 5.97 Å². The standard InChI is InChI=1S/C19H32O3/c1-2-3-4-5-6-7-8-11-14-17-22-18-15-12-9-10-13-16-19(20)21/h10-12,14H,2-8,13,15-18H2,1H3,(H,20,21)/b14-11-. The van der Waals surface area contributed by atoms with Crippen LogP contribution >= 0.6 is 0 Å². The first-order chi connectivity index (χ1) is 10.8. The summed E-state index contributed by atoms with van der Waals surface area (Å²) in [5.41, 5.74) is 2.97. The number of hydrogen-bond donors (Lipinski definition) is 1. The van der Waals surface area contributed by atoms with E-state index in [4.69, 9.17) is 9.84 Å². The topological polar surface area (TPSA) is 46.5 Å². The molecule has 0 saturated carbocycles. The lowest BCUT2D eigenvalue weighted by Crippen LogP contribution is -1.92. The van der Waals surface area contributed by atoms with Gasteiger partial charge in [-0.2, -0.15) is 0 Å². The summed E-state index contributed by atoms with van der Waals surface area (Å²) in [4.78, 5) is 10.3. The van der Waals surface area contributed by atoms with Crippen LogP contribution in [-0.4, -0.2) is 24.3 Å². The van der Waals surface area contributed by atoms with Gasteiger partial charge in [0.25, 0.3) is 0 Å². The lowest BCUT2D eigenvalue weighted by atomic mass is 10.1. The molecular weight excluding hydrogens is 276 g/mol. The number of carbonyl (C=O) groups is 1. The molecule has 1 N–H and O–H groups in total. The summed E-state index contributed by atoms with van der Waals surface area (Å²) in [5.74, 6) is -0.769. The molecule has 0 aliphatic heterocycles. The highest BCUT2D eigenvalue weighted by molar-refractivity contribution is 5.66. The fourth-order valence-corrected chi connectivity index (χ4v) is 1.97. The molecule has 0 spiro atoms. The second kappa shape index (κ2) is 17.7. The SMILES string of the molecule is CCCCCCCC/C=C\COCCC=C=CCCC(=O)O. The van der Waals surface area contributed by atoms with Crippen molar-refractivity contribution in [2.24, 2.45) is 0 Å². The Morgan fingerprint density at radius 1 is 1.00 bits per heavy atom. The van der Waals surface area contributed by atoms with Gasteiger partial charge in [-0.25, -0.2) is 0 Å². The van der Waals surface area contributed by atoms with Crippen molar-refractivity contribution >= 4 is 5.97 Å². The largest absolute Gasteiger partial charge is 0.481 e. The summed E-state index contributed by atoms with van der Waals surface area (Å²) in [6.45, 7) is 3.60. The van der Waals surface area contributed by atoms with E-state index in [1.807, 2.05) is 6.08 Å². The van der Waals surface area contributed by atoms with Gasteiger partial charge in [-0.3, -0.25) is 4.79 Å². The first-order valence-electron chi connectivity index (χ1n) is 8.61. The highest BCUT2D eigenvalue weighted by atomic mass is 16.5. The summed E-state index contributed by atoms with van der Waals surface area (Å²) in [6.07, 6.45) is 18.7. The number of aliphatic carboxylic acids is 1. The van der Waals surface area contributed by atoms with E-state index in [9.17, 15) is 4.79 Å². The van der Waals surface area contributed by atoms with Crippen LogP contribution in [0.15, 0.2) is 30.0 Å². The first-order valence-corrected chi connectivity index (χ1v) is 8.61. The summed E-state index contributed by atoms with van der Waals surface area (Å²) >= 11 is 0. The van der Waals surface area contributed by atoms with Gasteiger partial charge in [0.05, 0.1) is 13.2 Å². The molecule has 0 amide bonds. The molecule has 0 aliphatic rings. The molecule has 0 rings (SSSR count). The van der Waals surface area contributed by atoms with Crippen molar-refractivity contribution in [1.82, 2.24) is 0 Å². The third-order valence-corrected chi connectivity index (χ3v) is 3.25. The van der Waals surface area contributed by atoms with Gasteiger partial charge in [-0.1, -0.05) is 51.2 Å². The fourth-order valence-electron chi connectivity index (χ4n) is 1.97. The third kappa shape index (κ3) is 18.7. The maximum Gasteiger partial charge on any atom is 0.303 e. The molecular formula is C19H32O3. The third-order valence-electron chi connectivity index (χ3n) is 3.25. The number of allylic oxidation sites excluding steroid dienone is 1. The summed E-state index contributed by atoms with van der Waals surface area (Å²) in [5, 5.41) is 8.45. The Morgan fingerprint density at radius 2 is 1.73 bits per heavy atom. The molecule has 0 fully saturated rings. The summed E-state index contributed by atoms with van der Waals surface area (Å²) < 4.78 is 5.47. The number of ether oxygens (including phenoxy) is 1. The highest BCUT2D eigenvalue weighted by Gasteiger charge is 1.90. The van der Waals surface area contributed by atoms with Crippen LogP contribution in [0.25, 0.3) is 0 Å². The molecule has 3 heteroatoms. The maximum absolute atomic E-state index is 10.3. The molecule has 0 aromatic rings. The number of unbranched alkanes of at least 4 members (excludes halogenated alkanes) is 6. The Kier molecular flexibility index (Phi) is 16.7. The Morgan fingerprint density at radius 3 is 2.50 bits per heavy atom. The maximum atomic E-state index is 10.3. The molecule has 0 heterocycles. The summed E-state index contributed by atoms with van der Waals surface area (Å²) in [6, 6.07) is 0. The van der Waals surface area contributed by atoms with E-state index >= 15 is 0 Å². The van der Waals surface area contributed by atoms with Crippen molar-refractivity contribution in [3.63, 3.8) is 0 Å². The Balaban J connectivity index is 3.26. The van der Waals surface area contributed by atoms with Crippen molar-refractivity contribution in [1.29, 1.82) is 0 Å². The van der Waals surface area contributed by atoms with E-state index in [-0.39, 0.29) is 6.42 Å². The minimum Gasteiger partial charge on any atom is -0.481 e. The zero-order valence-corrected chi connectivity index (χ0v) is 14.1. The molecule has 0 unspecified atom stereocenters. The minimum absolute atomic E-state index is 0.167. The monoisotopic (exact) mass is 308 g/mol. The Bertz CT molecular complexity index is 339.